The lowest BCUT2D eigenvalue weighted by molar-refractivity contribution is -0.112. The van der Waals surface area contributed by atoms with Gasteiger partial charge in [-0.25, -0.2) is 9.97 Å². The van der Waals surface area contributed by atoms with E-state index in [1.54, 1.807) is 24.7 Å². The molecule has 33 heavy (non-hydrogen) atoms. The molecule has 3 heterocycles. The summed E-state index contributed by atoms with van der Waals surface area (Å²) in [5.41, 5.74) is 10.5. The minimum atomic E-state index is -0.129. The van der Waals surface area contributed by atoms with Crippen molar-refractivity contribution in [3.05, 3.63) is 54.0 Å². The van der Waals surface area contributed by atoms with E-state index in [0.29, 0.717) is 17.1 Å². The van der Waals surface area contributed by atoms with Crippen LogP contribution in [0.2, 0.25) is 0 Å². The first-order chi connectivity index (χ1) is 15.8. The van der Waals surface area contributed by atoms with E-state index in [0.717, 1.165) is 52.8 Å². The number of aryl methyl sites for hydroxylation is 1. The van der Waals surface area contributed by atoms with Crippen molar-refractivity contribution < 1.29 is 4.79 Å². The molecule has 6 heteroatoms. The van der Waals surface area contributed by atoms with Crippen molar-refractivity contribution in [2.45, 2.75) is 59.8 Å². The Morgan fingerprint density at radius 1 is 1.27 bits per heavy atom. The second-order valence-electron chi connectivity index (χ2n) is 9.59. The number of carbonyl (C=O) groups is 1. The number of nitrogens with one attached hydrogen (secondary N) is 1. The minimum Gasteiger partial charge on any atom is -0.383 e. The van der Waals surface area contributed by atoms with Crippen molar-refractivity contribution in [3.63, 3.8) is 0 Å². The van der Waals surface area contributed by atoms with Crippen molar-refractivity contribution in [3.8, 4) is 11.3 Å². The number of hydrogen-bond acceptors (Lipinski definition) is 5. The van der Waals surface area contributed by atoms with Gasteiger partial charge in [-0.1, -0.05) is 32.8 Å². The van der Waals surface area contributed by atoms with Gasteiger partial charge in [0.05, 0.1) is 5.69 Å². The molecule has 1 unspecified atom stereocenters. The lowest BCUT2D eigenvalue weighted by Crippen LogP contribution is -2.33. The van der Waals surface area contributed by atoms with Crippen LogP contribution in [0.1, 0.15) is 58.4 Å². The molecular weight excluding hydrogens is 410 g/mol. The fourth-order valence-corrected chi connectivity index (χ4v) is 4.90. The molecule has 1 amide bonds. The summed E-state index contributed by atoms with van der Waals surface area (Å²) in [6, 6.07) is 5.75. The summed E-state index contributed by atoms with van der Waals surface area (Å²) in [4.78, 5) is 25.8. The summed E-state index contributed by atoms with van der Waals surface area (Å²) >= 11 is 0. The van der Waals surface area contributed by atoms with Crippen molar-refractivity contribution in [1.82, 2.24) is 15.0 Å². The van der Waals surface area contributed by atoms with Crippen LogP contribution in [0.5, 0.6) is 0 Å². The molecule has 0 bridgehead atoms. The maximum atomic E-state index is 12.7. The summed E-state index contributed by atoms with van der Waals surface area (Å²) in [6.45, 7) is 8.85. The van der Waals surface area contributed by atoms with Crippen LogP contribution >= 0.6 is 0 Å². The molecule has 1 aliphatic rings. The molecule has 0 aromatic carbocycles. The van der Waals surface area contributed by atoms with E-state index in [1.165, 1.54) is 18.4 Å². The predicted octanol–water partition coefficient (Wildman–Crippen LogP) is 6.07. The molecule has 0 aliphatic heterocycles. The van der Waals surface area contributed by atoms with E-state index in [9.17, 15) is 4.79 Å². The molecule has 3 aromatic rings. The molecule has 172 valence electrons. The molecule has 4 rings (SSSR count). The number of rotatable bonds is 7. The topological polar surface area (TPSA) is 93.8 Å². The van der Waals surface area contributed by atoms with Gasteiger partial charge >= 0.3 is 0 Å². The van der Waals surface area contributed by atoms with Gasteiger partial charge in [-0.2, -0.15) is 0 Å². The van der Waals surface area contributed by atoms with E-state index in [2.05, 4.69) is 41.0 Å². The number of allylic oxidation sites excluding steroid dienone is 1. The highest BCUT2D eigenvalue weighted by atomic mass is 16.1. The van der Waals surface area contributed by atoms with Crippen LogP contribution in [0.3, 0.4) is 0 Å². The SMILES string of the molecule is CCC(C)CC1(CC)CC(=CC(=O)Nc2cc3cc(-c4cnccc4C)nc(N)c3cn2)C1. The van der Waals surface area contributed by atoms with E-state index < -0.39 is 0 Å². The zero-order valence-electron chi connectivity index (χ0n) is 20.0. The lowest BCUT2D eigenvalue weighted by atomic mass is 9.60. The number of amides is 1. The van der Waals surface area contributed by atoms with Gasteiger partial charge in [-0.3, -0.25) is 9.78 Å². The number of hydrogen-bond donors (Lipinski definition) is 2. The predicted molar refractivity (Wildman–Crippen MR) is 135 cm³/mol. The summed E-state index contributed by atoms with van der Waals surface area (Å²) in [7, 11) is 0. The van der Waals surface area contributed by atoms with Gasteiger partial charge in [0.1, 0.15) is 11.6 Å². The zero-order chi connectivity index (χ0) is 23.6. The fourth-order valence-electron chi connectivity index (χ4n) is 4.90. The average molecular weight is 444 g/mol. The van der Waals surface area contributed by atoms with Crippen LogP contribution in [-0.4, -0.2) is 20.9 Å². The molecule has 6 nitrogen and oxygen atoms in total. The van der Waals surface area contributed by atoms with E-state index in [-0.39, 0.29) is 5.91 Å². The minimum absolute atomic E-state index is 0.129. The molecule has 1 saturated carbocycles. The van der Waals surface area contributed by atoms with Gasteiger partial charge in [-0.05, 0) is 73.1 Å². The summed E-state index contributed by atoms with van der Waals surface area (Å²) in [6.07, 6.45) is 12.6. The van der Waals surface area contributed by atoms with Crippen LogP contribution in [-0.2, 0) is 4.79 Å². The number of nitrogens with two attached hydrogens (primary N) is 1. The molecule has 1 fully saturated rings. The molecule has 0 saturated heterocycles. The van der Waals surface area contributed by atoms with Crippen molar-refractivity contribution in [2.75, 3.05) is 11.1 Å². The Labute approximate surface area is 195 Å². The Balaban J connectivity index is 1.51. The van der Waals surface area contributed by atoms with Crippen molar-refractivity contribution in [2.24, 2.45) is 11.3 Å². The number of pyridine rings is 3. The molecule has 0 spiro atoms. The lowest BCUT2D eigenvalue weighted by Gasteiger charge is -2.45. The normalized spacial score (nSPS) is 18.6. The van der Waals surface area contributed by atoms with Gasteiger partial charge in [0.15, 0.2) is 0 Å². The molecule has 3 N–H and O–H groups in total. The largest absolute Gasteiger partial charge is 0.383 e. The first kappa shape index (κ1) is 22.9. The van der Waals surface area contributed by atoms with Gasteiger partial charge < -0.3 is 11.1 Å². The first-order valence-electron chi connectivity index (χ1n) is 11.8. The zero-order valence-corrected chi connectivity index (χ0v) is 20.0. The maximum Gasteiger partial charge on any atom is 0.249 e. The van der Waals surface area contributed by atoms with Gasteiger partial charge in [0, 0.05) is 35.6 Å². The second kappa shape index (κ2) is 9.30. The average Bonchev–Trinajstić information content (AvgIpc) is 2.77. The highest BCUT2D eigenvalue weighted by Crippen LogP contribution is 2.52. The standard InChI is InChI=1S/C27H33N5O/c1-5-17(3)12-27(6-2)13-19(14-27)9-25(33)32-24-11-20-10-23(21-15-29-8-7-18(21)4)31-26(28)22(20)16-30-24/h7-11,15-17H,5-6,12-14H2,1-4H3,(H2,28,31)(H,30,32,33). The third kappa shape index (κ3) is 4.90. The number of fused-ring (bicyclic) bond motifs is 1. The van der Waals surface area contributed by atoms with E-state index >= 15 is 0 Å². The number of anilines is 2. The highest BCUT2D eigenvalue weighted by molar-refractivity contribution is 6.01. The Kier molecular flexibility index (Phi) is 6.45. The molecular formula is C27H33N5O. The van der Waals surface area contributed by atoms with Crippen molar-refractivity contribution in [1.29, 1.82) is 0 Å². The summed E-state index contributed by atoms with van der Waals surface area (Å²) in [5, 5.41) is 4.55. The smallest absolute Gasteiger partial charge is 0.249 e. The van der Waals surface area contributed by atoms with E-state index in [1.807, 2.05) is 25.1 Å². The van der Waals surface area contributed by atoms with Crippen molar-refractivity contribution >= 4 is 28.3 Å². The fraction of sp³-hybridized carbons (Fsp3) is 0.407. The Bertz CT molecular complexity index is 1210. The van der Waals surface area contributed by atoms with Gasteiger partial charge in [-0.15, -0.1) is 0 Å². The molecule has 1 aliphatic carbocycles. The third-order valence-electron chi connectivity index (χ3n) is 7.08. The first-order valence-corrected chi connectivity index (χ1v) is 11.8. The van der Waals surface area contributed by atoms with Crippen LogP contribution in [0.15, 0.2) is 48.4 Å². The van der Waals surface area contributed by atoms with Crippen LogP contribution in [0, 0.1) is 18.3 Å². The number of nitrogens with zero attached hydrogens (tertiary/aromatic N) is 3. The number of aromatic nitrogens is 3. The van der Waals surface area contributed by atoms with Crippen LogP contribution in [0.4, 0.5) is 11.6 Å². The molecule has 1 atom stereocenters. The number of nitrogen functional groups attached to an aromatic ring is 1. The summed E-state index contributed by atoms with van der Waals surface area (Å²) < 4.78 is 0. The number of carbonyl (C=O) groups excluding carboxylic acids is 1. The Hall–Kier alpha value is -3.28. The molecule has 3 aromatic heterocycles. The summed E-state index contributed by atoms with van der Waals surface area (Å²) in [5.74, 6) is 1.51. The van der Waals surface area contributed by atoms with E-state index in [4.69, 9.17) is 5.73 Å². The second-order valence-corrected chi connectivity index (χ2v) is 9.59. The van der Waals surface area contributed by atoms with Gasteiger partial charge in [0.25, 0.3) is 0 Å². The molecule has 0 radical (unpaired) electrons. The van der Waals surface area contributed by atoms with Gasteiger partial charge in [0.2, 0.25) is 5.91 Å². The quantitative estimate of drug-likeness (QED) is 0.432. The van der Waals surface area contributed by atoms with Crippen LogP contribution < -0.4 is 11.1 Å². The monoisotopic (exact) mass is 443 g/mol. The Morgan fingerprint density at radius 2 is 2.06 bits per heavy atom. The van der Waals surface area contributed by atoms with Crippen LogP contribution in [0.25, 0.3) is 22.0 Å². The third-order valence-corrected chi connectivity index (χ3v) is 7.08. The highest BCUT2D eigenvalue weighted by Gasteiger charge is 2.39. The Morgan fingerprint density at radius 3 is 2.76 bits per heavy atom. The maximum absolute atomic E-state index is 12.7.